The van der Waals surface area contributed by atoms with Gasteiger partial charge in [-0.05, 0) is 49.2 Å². The van der Waals surface area contributed by atoms with Gasteiger partial charge < -0.3 is 15.2 Å². The van der Waals surface area contributed by atoms with E-state index in [0.29, 0.717) is 34.7 Å². The molecular formula is C23H25N3O3S. The molecule has 2 N–H and O–H groups in total. The lowest BCUT2D eigenvalue weighted by Crippen LogP contribution is -2.20. The number of fused-ring (bicyclic) bond motifs is 1. The molecule has 4 rings (SSSR count). The lowest BCUT2D eigenvalue weighted by molar-refractivity contribution is 0.0987. The van der Waals surface area contributed by atoms with Crippen LogP contribution in [0.5, 0.6) is 5.75 Å². The number of nitrogens with one attached hydrogen (secondary N) is 1. The summed E-state index contributed by atoms with van der Waals surface area (Å²) in [7, 11) is 0. The number of carbonyl (C=O) groups excluding carboxylic acids is 1. The average Bonchev–Trinajstić information content (AvgIpc) is 3.60. The maximum Gasteiger partial charge on any atom is 0.190 e. The molecule has 0 radical (unpaired) electrons. The van der Waals surface area contributed by atoms with Crippen LogP contribution in [0.3, 0.4) is 0 Å². The number of ether oxygens (including phenoxy) is 1. The lowest BCUT2D eigenvalue weighted by atomic mass is 10.1. The number of thioether (sulfide) groups is 1. The Labute approximate surface area is 180 Å². The van der Waals surface area contributed by atoms with Crippen molar-refractivity contribution in [3.05, 3.63) is 54.1 Å². The van der Waals surface area contributed by atoms with Crippen molar-refractivity contribution in [1.29, 1.82) is 0 Å². The fraction of sp³-hybridized carbons (Fsp3) is 0.348. The fourth-order valence-electron chi connectivity index (χ4n) is 3.00. The Morgan fingerprint density at radius 2 is 1.97 bits per heavy atom. The summed E-state index contributed by atoms with van der Waals surface area (Å²) in [6.07, 6.45) is 2.15. The molecule has 7 heteroatoms. The highest BCUT2D eigenvalue weighted by atomic mass is 32.2. The van der Waals surface area contributed by atoms with Crippen molar-refractivity contribution in [2.75, 3.05) is 17.7 Å². The SMILES string of the molecule is CCC(=O)c1ccc(OC[C@@H](O)CSc2nc(NC3CC3)c3ccccc3n2)cc1. The van der Waals surface area contributed by atoms with Gasteiger partial charge in [0.15, 0.2) is 10.9 Å². The van der Waals surface area contributed by atoms with E-state index in [-0.39, 0.29) is 12.4 Å². The van der Waals surface area contributed by atoms with Gasteiger partial charge >= 0.3 is 0 Å². The van der Waals surface area contributed by atoms with E-state index in [9.17, 15) is 9.90 Å². The zero-order chi connectivity index (χ0) is 20.9. The number of aliphatic hydroxyl groups excluding tert-OH is 1. The zero-order valence-electron chi connectivity index (χ0n) is 16.9. The van der Waals surface area contributed by atoms with E-state index in [4.69, 9.17) is 4.74 Å². The smallest absolute Gasteiger partial charge is 0.190 e. The number of nitrogens with zero attached hydrogens (tertiary/aromatic N) is 2. The number of para-hydroxylation sites is 1. The third-order valence-corrected chi connectivity index (χ3v) is 5.84. The highest BCUT2D eigenvalue weighted by molar-refractivity contribution is 7.99. The minimum absolute atomic E-state index is 0.101. The molecule has 1 aromatic heterocycles. The van der Waals surface area contributed by atoms with Crippen molar-refractivity contribution in [3.8, 4) is 5.75 Å². The first-order valence-electron chi connectivity index (χ1n) is 10.2. The molecule has 3 aromatic rings. The van der Waals surface area contributed by atoms with E-state index in [1.807, 2.05) is 31.2 Å². The number of hydrogen-bond acceptors (Lipinski definition) is 7. The maximum absolute atomic E-state index is 11.7. The molecule has 0 saturated heterocycles. The average molecular weight is 424 g/mol. The van der Waals surface area contributed by atoms with Crippen LogP contribution in [0.25, 0.3) is 10.9 Å². The van der Waals surface area contributed by atoms with E-state index >= 15 is 0 Å². The van der Waals surface area contributed by atoms with E-state index in [0.717, 1.165) is 16.7 Å². The van der Waals surface area contributed by atoms with Crippen molar-refractivity contribution in [2.24, 2.45) is 0 Å². The standard InChI is InChI=1S/C23H25N3O3S/c1-2-21(28)15-7-11-18(12-8-15)29-13-17(27)14-30-23-25-20-6-4-3-5-19(20)22(26-23)24-16-9-10-16/h3-8,11-12,16-17,27H,2,9-10,13-14H2,1H3,(H,24,25,26)/t17-/m1/s1. The molecular weight excluding hydrogens is 398 g/mol. The quantitative estimate of drug-likeness (QED) is 0.285. The maximum atomic E-state index is 11.7. The van der Waals surface area contributed by atoms with Crippen molar-refractivity contribution < 1.29 is 14.6 Å². The molecule has 0 aliphatic heterocycles. The van der Waals surface area contributed by atoms with Gasteiger partial charge in [-0.2, -0.15) is 0 Å². The van der Waals surface area contributed by atoms with Crippen molar-refractivity contribution in [2.45, 2.75) is 43.5 Å². The number of aliphatic hydroxyl groups is 1. The number of benzene rings is 2. The first kappa shape index (κ1) is 20.6. The monoisotopic (exact) mass is 423 g/mol. The second-order valence-electron chi connectivity index (χ2n) is 7.37. The molecule has 0 unspecified atom stereocenters. The van der Waals surface area contributed by atoms with E-state index in [1.54, 1.807) is 24.3 Å². The molecule has 1 heterocycles. The molecule has 1 fully saturated rings. The van der Waals surface area contributed by atoms with Gasteiger partial charge in [-0.15, -0.1) is 0 Å². The van der Waals surface area contributed by atoms with Crippen LogP contribution in [-0.4, -0.2) is 45.4 Å². The van der Waals surface area contributed by atoms with Gasteiger partial charge in [-0.1, -0.05) is 30.8 Å². The predicted molar refractivity (Wildman–Crippen MR) is 119 cm³/mol. The second kappa shape index (κ2) is 9.45. The van der Waals surface area contributed by atoms with Crippen LogP contribution in [0.15, 0.2) is 53.7 Å². The van der Waals surface area contributed by atoms with Gasteiger partial charge in [0, 0.05) is 29.2 Å². The van der Waals surface area contributed by atoms with Gasteiger partial charge in [0.25, 0.3) is 0 Å². The van der Waals surface area contributed by atoms with Crippen LogP contribution >= 0.6 is 11.8 Å². The van der Waals surface area contributed by atoms with Crippen molar-refractivity contribution in [1.82, 2.24) is 9.97 Å². The first-order chi connectivity index (χ1) is 14.6. The minimum Gasteiger partial charge on any atom is -0.491 e. The molecule has 1 aliphatic carbocycles. The van der Waals surface area contributed by atoms with Crippen LogP contribution < -0.4 is 10.1 Å². The number of rotatable bonds is 10. The summed E-state index contributed by atoms with van der Waals surface area (Å²) in [5, 5.41) is 15.4. The molecule has 30 heavy (non-hydrogen) atoms. The second-order valence-corrected chi connectivity index (χ2v) is 8.35. The molecule has 2 aromatic carbocycles. The minimum atomic E-state index is -0.665. The highest BCUT2D eigenvalue weighted by Gasteiger charge is 2.23. The Bertz CT molecular complexity index is 1020. The van der Waals surface area contributed by atoms with Gasteiger partial charge in [0.05, 0.1) is 11.6 Å². The molecule has 6 nitrogen and oxygen atoms in total. The summed E-state index contributed by atoms with van der Waals surface area (Å²) < 4.78 is 5.65. The number of aromatic nitrogens is 2. The van der Waals surface area contributed by atoms with Crippen LogP contribution in [0.1, 0.15) is 36.5 Å². The number of hydrogen-bond donors (Lipinski definition) is 2. The highest BCUT2D eigenvalue weighted by Crippen LogP contribution is 2.30. The Hall–Kier alpha value is -2.64. The fourth-order valence-corrected chi connectivity index (χ4v) is 3.76. The molecule has 156 valence electrons. The topological polar surface area (TPSA) is 84.3 Å². The third kappa shape index (κ3) is 5.29. The lowest BCUT2D eigenvalue weighted by Gasteiger charge is -2.13. The third-order valence-electron chi connectivity index (χ3n) is 4.85. The number of anilines is 1. The Kier molecular flexibility index (Phi) is 6.50. The van der Waals surface area contributed by atoms with Gasteiger partial charge in [0.2, 0.25) is 0 Å². The first-order valence-corrected chi connectivity index (χ1v) is 11.2. The molecule has 1 aliphatic rings. The van der Waals surface area contributed by atoms with Crippen LogP contribution in [-0.2, 0) is 0 Å². The summed E-state index contributed by atoms with van der Waals surface area (Å²) in [5.74, 6) is 2.01. The summed E-state index contributed by atoms with van der Waals surface area (Å²) >= 11 is 1.41. The van der Waals surface area contributed by atoms with Crippen LogP contribution in [0.2, 0.25) is 0 Å². The summed E-state index contributed by atoms with van der Waals surface area (Å²) in [5.41, 5.74) is 1.57. The number of ketones is 1. The normalized spacial score (nSPS) is 14.5. The van der Waals surface area contributed by atoms with Gasteiger partial charge in [-0.25, -0.2) is 9.97 Å². The van der Waals surface area contributed by atoms with Crippen LogP contribution in [0, 0.1) is 0 Å². The largest absolute Gasteiger partial charge is 0.491 e. The van der Waals surface area contributed by atoms with E-state index < -0.39 is 6.10 Å². The van der Waals surface area contributed by atoms with Crippen molar-refractivity contribution in [3.63, 3.8) is 0 Å². The Balaban J connectivity index is 1.33. The molecule has 1 atom stereocenters. The van der Waals surface area contributed by atoms with Crippen LogP contribution in [0.4, 0.5) is 5.82 Å². The Morgan fingerprint density at radius 1 is 1.20 bits per heavy atom. The summed E-state index contributed by atoms with van der Waals surface area (Å²) in [6.45, 7) is 2.00. The summed E-state index contributed by atoms with van der Waals surface area (Å²) in [6, 6.07) is 15.5. The predicted octanol–water partition coefficient (Wildman–Crippen LogP) is 4.33. The molecule has 0 bridgehead atoms. The molecule has 0 amide bonds. The zero-order valence-corrected chi connectivity index (χ0v) is 17.7. The number of Topliss-reactive ketones (excluding diaryl/α,β-unsaturated/α-hetero) is 1. The van der Waals surface area contributed by atoms with Gasteiger partial charge in [-0.3, -0.25) is 4.79 Å². The number of carbonyl (C=O) groups is 1. The van der Waals surface area contributed by atoms with Crippen molar-refractivity contribution >= 4 is 34.3 Å². The Morgan fingerprint density at radius 3 is 2.70 bits per heavy atom. The molecule has 1 saturated carbocycles. The van der Waals surface area contributed by atoms with E-state index in [1.165, 1.54) is 24.6 Å². The van der Waals surface area contributed by atoms with E-state index in [2.05, 4.69) is 15.3 Å². The summed E-state index contributed by atoms with van der Waals surface area (Å²) in [4.78, 5) is 21.0. The van der Waals surface area contributed by atoms with Gasteiger partial charge in [0.1, 0.15) is 18.2 Å². The molecule has 0 spiro atoms.